The summed E-state index contributed by atoms with van der Waals surface area (Å²) in [5.74, 6) is 0.336. The molecule has 2 heterocycles. The number of H-pyrrole nitrogens is 2. The summed E-state index contributed by atoms with van der Waals surface area (Å²) in [6, 6.07) is 4.48. The van der Waals surface area contributed by atoms with Gasteiger partial charge in [-0.15, -0.1) is 0 Å². The van der Waals surface area contributed by atoms with Crippen LogP contribution in [0.3, 0.4) is 0 Å². The summed E-state index contributed by atoms with van der Waals surface area (Å²) in [7, 11) is 0. The lowest BCUT2D eigenvalue weighted by Crippen LogP contribution is -2.28. The fourth-order valence-electron chi connectivity index (χ4n) is 2.50. The first kappa shape index (κ1) is 15.4. The van der Waals surface area contributed by atoms with Crippen molar-refractivity contribution in [3.63, 3.8) is 0 Å². The van der Waals surface area contributed by atoms with Gasteiger partial charge >= 0.3 is 0 Å². The Morgan fingerprint density at radius 1 is 1.48 bits per heavy atom. The number of aryl methyl sites for hydroxylation is 1. The molecule has 0 fully saturated rings. The van der Waals surface area contributed by atoms with E-state index in [1.807, 2.05) is 11.5 Å². The molecule has 0 saturated heterocycles. The minimum absolute atomic E-state index is 0.122. The van der Waals surface area contributed by atoms with Gasteiger partial charge in [0.2, 0.25) is 5.91 Å². The summed E-state index contributed by atoms with van der Waals surface area (Å²) in [5, 5.41) is 10.3. The molecule has 3 aromatic rings. The zero-order valence-corrected chi connectivity index (χ0v) is 13.3. The number of benzene rings is 1. The van der Waals surface area contributed by atoms with Crippen molar-refractivity contribution in [2.75, 3.05) is 6.54 Å². The smallest absolute Gasteiger partial charge is 0.224 e. The van der Waals surface area contributed by atoms with Gasteiger partial charge in [0.15, 0.2) is 4.77 Å². The molecule has 0 bridgehead atoms. The molecule has 3 rings (SSSR count). The van der Waals surface area contributed by atoms with Crippen LogP contribution in [0, 0.1) is 17.5 Å². The second kappa shape index (κ2) is 6.33. The molecular weight excluding hydrogens is 317 g/mol. The highest BCUT2D eigenvalue weighted by molar-refractivity contribution is 7.71. The molecule has 0 spiro atoms. The molecule has 0 aliphatic carbocycles. The van der Waals surface area contributed by atoms with Crippen molar-refractivity contribution >= 4 is 29.0 Å². The number of amides is 1. The van der Waals surface area contributed by atoms with Gasteiger partial charge < -0.3 is 14.9 Å². The summed E-state index contributed by atoms with van der Waals surface area (Å²) in [6.07, 6.45) is 1.93. The number of fused-ring (bicyclic) bond motifs is 1. The van der Waals surface area contributed by atoms with Crippen LogP contribution in [0.25, 0.3) is 10.9 Å². The summed E-state index contributed by atoms with van der Waals surface area (Å²) < 4.78 is 15.7. The highest BCUT2D eigenvalue weighted by Gasteiger charge is 2.10. The Bertz CT molecular complexity index is 910. The maximum Gasteiger partial charge on any atom is 0.224 e. The Balaban J connectivity index is 1.61. The van der Waals surface area contributed by atoms with E-state index in [-0.39, 0.29) is 18.1 Å². The highest BCUT2D eigenvalue weighted by atomic mass is 32.1. The van der Waals surface area contributed by atoms with Crippen LogP contribution in [0.1, 0.15) is 11.4 Å². The van der Waals surface area contributed by atoms with E-state index in [0.29, 0.717) is 17.9 Å². The van der Waals surface area contributed by atoms with E-state index < -0.39 is 0 Å². The van der Waals surface area contributed by atoms with E-state index in [4.69, 9.17) is 12.2 Å². The molecule has 1 aromatic carbocycles. The number of hydrogen-bond acceptors (Lipinski definition) is 3. The number of rotatable bonds is 5. The van der Waals surface area contributed by atoms with Crippen LogP contribution in [-0.4, -0.2) is 32.2 Å². The molecule has 0 atom stereocenters. The largest absolute Gasteiger partial charge is 0.361 e. The van der Waals surface area contributed by atoms with Crippen LogP contribution in [-0.2, 0) is 17.8 Å². The lowest BCUT2D eigenvalue weighted by Gasteiger charge is -2.06. The second-order valence-corrected chi connectivity index (χ2v) is 5.64. The molecule has 1 amide bonds. The quantitative estimate of drug-likeness (QED) is 0.627. The van der Waals surface area contributed by atoms with Crippen molar-refractivity contribution in [2.45, 2.75) is 19.9 Å². The summed E-state index contributed by atoms with van der Waals surface area (Å²) in [4.78, 5) is 15.1. The molecule has 0 aliphatic heterocycles. The molecular formula is C15H16FN5OS. The molecule has 0 aliphatic rings. The maximum absolute atomic E-state index is 13.3. The number of aromatic nitrogens is 4. The van der Waals surface area contributed by atoms with Gasteiger partial charge in [-0.1, -0.05) is 0 Å². The van der Waals surface area contributed by atoms with Crippen LogP contribution < -0.4 is 5.32 Å². The molecule has 2 aromatic heterocycles. The van der Waals surface area contributed by atoms with Gasteiger partial charge in [0.05, 0.1) is 6.42 Å². The van der Waals surface area contributed by atoms with Crippen LogP contribution in [0.4, 0.5) is 4.39 Å². The SMILES string of the molecule is Cc1n[nH]c(=S)n1CCNC(=O)Cc1c[nH]c2ccc(F)cc12. The first-order chi connectivity index (χ1) is 11.0. The van der Waals surface area contributed by atoms with E-state index in [1.54, 1.807) is 12.3 Å². The number of aromatic amines is 2. The highest BCUT2D eigenvalue weighted by Crippen LogP contribution is 2.19. The van der Waals surface area contributed by atoms with Crippen molar-refractivity contribution in [3.8, 4) is 0 Å². The monoisotopic (exact) mass is 333 g/mol. The maximum atomic E-state index is 13.3. The number of hydrogen-bond donors (Lipinski definition) is 3. The number of nitrogens with zero attached hydrogens (tertiary/aromatic N) is 2. The number of halogens is 1. The average molecular weight is 333 g/mol. The first-order valence-electron chi connectivity index (χ1n) is 7.18. The lowest BCUT2D eigenvalue weighted by molar-refractivity contribution is -0.120. The second-order valence-electron chi connectivity index (χ2n) is 5.26. The molecule has 3 N–H and O–H groups in total. The normalized spacial score (nSPS) is 11.0. The van der Waals surface area contributed by atoms with Gasteiger partial charge in [-0.2, -0.15) is 5.10 Å². The van der Waals surface area contributed by atoms with Crippen LogP contribution in [0.2, 0.25) is 0 Å². The first-order valence-corrected chi connectivity index (χ1v) is 7.59. The minimum atomic E-state index is -0.316. The molecule has 120 valence electrons. The Hall–Kier alpha value is -2.48. The van der Waals surface area contributed by atoms with Crippen LogP contribution in [0.5, 0.6) is 0 Å². The summed E-state index contributed by atoms with van der Waals surface area (Å²) in [6.45, 7) is 2.84. The number of carbonyl (C=O) groups is 1. The summed E-state index contributed by atoms with van der Waals surface area (Å²) in [5.41, 5.74) is 1.59. The molecule has 8 heteroatoms. The van der Waals surface area contributed by atoms with E-state index in [0.717, 1.165) is 22.3 Å². The van der Waals surface area contributed by atoms with Crippen molar-refractivity contribution in [3.05, 3.63) is 46.4 Å². The van der Waals surface area contributed by atoms with E-state index in [1.165, 1.54) is 12.1 Å². The Morgan fingerprint density at radius 2 is 2.30 bits per heavy atom. The van der Waals surface area contributed by atoms with Gasteiger partial charge in [-0.25, -0.2) is 4.39 Å². The zero-order valence-electron chi connectivity index (χ0n) is 12.5. The predicted octanol–water partition coefficient (Wildman–Crippen LogP) is 2.23. The third kappa shape index (κ3) is 3.31. The standard InChI is InChI=1S/C15H16FN5OS/c1-9-19-20-15(23)21(9)5-4-17-14(22)6-10-8-18-13-3-2-11(16)7-12(10)13/h2-3,7-8,18H,4-6H2,1H3,(H,17,22)(H,20,23). The zero-order chi connectivity index (χ0) is 16.4. The topological polar surface area (TPSA) is 78.5 Å². The molecule has 0 radical (unpaired) electrons. The molecule has 0 saturated carbocycles. The minimum Gasteiger partial charge on any atom is -0.361 e. The lowest BCUT2D eigenvalue weighted by atomic mass is 10.1. The van der Waals surface area contributed by atoms with Crippen molar-refractivity contribution < 1.29 is 9.18 Å². The third-order valence-corrected chi connectivity index (χ3v) is 4.00. The van der Waals surface area contributed by atoms with E-state index >= 15 is 0 Å². The van der Waals surface area contributed by atoms with Gasteiger partial charge in [-0.3, -0.25) is 9.89 Å². The Labute approximate surface area is 136 Å². The van der Waals surface area contributed by atoms with Crippen molar-refractivity contribution in [2.24, 2.45) is 0 Å². The van der Waals surface area contributed by atoms with Gasteiger partial charge in [-0.05, 0) is 42.9 Å². The average Bonchev–Trinajstić information content (AvgIpc) is 3.05. The van der Waals surface area contributed by atoms with E-state index in [9.17, 15) is 9.18 Å². The third-order valence-electron chi connectivity index (χ3n) is 3.69. The number of carbonyl (C=O) groups excluding carboxylic acids is 1. The van der Waals surface area contributed by atoms with Gasteiger partial charge in [0.1, 0.15) is 11.6 Å². The van der Waals surface area contributed by atoms with Crippen LogP contribution in [0.15, 0.2) is 24.4 Å². The summed E-state index contributed by atoms with van der Waals surface area (Å²) >= 11 is 5.10. The van der Waals surface area contributed by atoms with Crippen molar-refractivity contribution in [1.82, 2.24) is 25.1 Å². The van der Waals surface area contributed by atoms with Crippen molar-refractivity contribution in [1.29, 1.82) is 0 Å². The Morgan fingerprint density at radius 3 is 3.04 bits per heavy atom. The fourth-order valence-corrected chi connectivity index (χ4v) is 2.77. The van der Waals surface area contributed by atoms with Gasteiger partial charge in [0.25, 0.3) is 0 Å². The van der Waals surface area contributed by atoms with E-state index in [2.05, 4.69) is 20.5 Å². The molecule has 23 heavy (non-hydrogen) atoms. The molecule has 0 unspecified atom stereocenters. The molecule has 6 nitrogen and oxygen atoms in total. The fraction of sp³-hybridized carbons (Fsp3) is 0.267. The van der Waals surface area contributed by atoms with Gasteiger partial charge in [0, 0.05) is 30.2 Å². The predicted molar refractivity (Wildman–Crippen MR) is 87.1 cm³/mol. The number of nitrogens with one attached hydrogen (secondary N) is 3. The van der Waals surface area contributed by atoms with Crippen LogP contribution >= 0.6 is 12.2 Å². The Kier molecular flexibility index (Phi) is 4.24.